The fourth-order valence-corrected chi connectivity index (χ4v) is 1.93. The highest BCUT2D eigenvalue weighted by atomic mass is 16.3. The molecule has 0 saturated carbocycles. The second-order valence-electron chi connectivity index (χ2n) is 3.93. The lowest BCUT2D eigenvalue weighted by molar-refractivity contribution is 0.665. The number of hydrogen-bond acceptors (Lipinski definition) is 2. The number of nitrogens with zero attached hydrogens (tertiary/aromatic N) is 1. The largest absolute Gasteiger partial charge is 0.456 e. The second-order valence-corrected chi connectivity index (χ2v) is 3.93. The van der Waals surface area contributed by atoms with Gasteiger partial charge in [0.05, 0.1) is 0 Å². The van der Waals surface area contributed by atoms with Crippen LogP contribution in [0, 0.1) is 13.8 Å². The molecule has 3 aromatic rings. The Morgan fingerprint density at radius 2 is 1.93 bits per heavy atom. The predicted octanol–water partition coefficient (Wildman–Crippen LogP) is 3.60. The molecule has 15 heavy (non-hydrogen) atoms. The average Bonchev–Trinajstić information content (AvgIpc) is 2.57. The number of rotatable bonds is 0. The molecule has 3 rings (SSSR count). The number of aryl methyl sites for hydroxylation is 2. The zero-order valence-electron chi connectivity index (χ0n) is 8.74. The maximum absolute atomic E-state index is 5.82. The molecule has 0 aliphatic heterocycles. The van der Waals surface area contributed by atoms with Crippen LogP contribution >= 0.6 is 0 Å². The summed E-state index contributed by atoms with van der Waals surface area (Å²) >= 11 is 0. The molecular formula is C13H11NO. The Morgan fingerprint density at radius 3 is 2.80 bits per heavy atom. The third kappa shape index (κ3) is 1.14. The lowest BCUT2D eigenvalue weighted by Gasteiger charge is -1.91. The highest BCUT2D eigenvalue weighted by Gasteiger charge is 2.08. The number of benzene rings is 1. The number of fused-ring (bicyclic) bond motifs is 3. The van der Waals surface area contributed by atoms with E-state index in [4.69, 9.17) is 4.42 Å². The summed E-state index contributed by atoms with van der Waals surface area (Å²) in [6, 6.07) is 6.26. The molecule has 2 heterocycles. The summed E-state index contributed by atoms with van der Waals surface area (Å²) in [5, 5.41) is 2.25. The van der Waals surface area contributed by atoms with Gasteiger partial charge in [0.1, 0.15) is 11.2 Å². The fraction of sp³-hybridized carbons (Fsp3) is 0.154. The van der Waals surface area contributed by atoms with Crippen molar-refractivity contribution in [2.24, 2.45) is 0 Å². The summed E-state index contributed by atoms with van der Waals surface area (Å²) in [5.74, 6) is 0. The first-order valence-electron chi connectivity index (χ1n) is 4.99. The first kappa shape index (κ1) is 8.48. The van der Waals surface area contributed by atoms with Crippen LogP contribution in [0.15, 0.2) is 35.0 Å². The standard InChI is InChI=1S/C13H11NO/c1-8-3-4-10-11-7-14-6-9(2)13(11)15-12(10)5-8/h3-7H,1-2H3. The summed E-state index contributed by atoms with van der Waals surface area (Å²) in [4.78, 5) is 4.20. The smallest absolute Gasteiger partial charge is 0.141 e. The van der Waals surface area contributed by atoms with E-state index in [2.05, 4.69) is 30.1 Å². The van der Waals surface area contributed by atoms with E-state index >= 15 is 0 Å². The van der Waals surface area contributed by atoms with Gasteiger partial charge >= 0.3 is 0 Å². The Bertz CT molecular complexity index is 652. The van der Waals surface area contributed by atoms with E-state index in [1.54, 1.807) is 0 Å². The van der Waals surface area contributed by atoms with Crippen molar-refractivity contribution in [2.75, 3.05) is 0 Å². The summed E-state index contributed by atoms with van der Waals surface area (Å²) in [7, 11) is 0. The monoisotopic (exact) mass is 197 g/mol. The van der Waals surface area contributed by atoms with E-state index in [0.29, 0.717) is 0 Å². The molecule has 0 aliphatic carbocycles. The SMILES string of the molecule is Cc1ccc2c(c1)oc1c(C)cncc12. The first-order valence-corrected chi connectivity index (χ1v) is 4.99. The van der Waals surface area contributed by atoms with Gasteiger partial charge in [-0.1, -0.05) is 12.1 Å². The van der Waals surface area contributed by atoms with Crippen LogP contribution in [-0.2, 0) is 0 Å². The summed E-state index contributed by atoms with van der Waals surface area (Å²) in [5.41, 5.74) is 4.19. The molecule has 0 saturated heterocycles. The summed E-state index contributed by atoms with van der Waals surface area (Å²) in [6.07, 6.45) is 3.70. The minimum Gasteiger partial charge on any atom is -0.456 e. The molecule has 0 aliphatic rings. The highest BCUT2D eigenvalue weighted by molar-refractivity contribution is 6.05. The van der Waals surface area contributed by atoms with Gasteiger partial charge in [0.25, 0.3) is 0 Å². The van der Waals surface area contributed by atoms with Gasteiger partial charge in [0.2, 0.25) is 0 Å². The lowest BCUT2D eigenvalue weighted by atomic mass is 10.1. The Labute approximate surface area is 87.5 Å². The van der Waals surface area contributed by atoms with Gasteiger partial charge in [0, 0.05) is 28.7 Å². The van der Waals surface area contributed by atoms with Crippen LogP contribution in [0.5, 0.6) is 0 Å². The Hall–Kier alpha value is -1.83. The Kier molecular flexibility index (Phi) is 1.60. The number of hydrogen-bond donors (Lipinski definition) is 0. The van der Waals surface area contributed by atoms with Gasteiger partial charge in [0.15, 0.2) is 0 Å². The molecule has 0 bridgehead atoms. The molecule has 1 aromatic carbocycles. The van der Waals surface area contributed by atoms with Crippen LogP contribution in [0.3, 0.4) is 0 Å². The van der Waals surface area contributed by atoms with Gasteiger partial charge in [-0.05, 0) is 25.5 Å². The third-order valence-corrected chi connectivity index (χ3v) is 2.71. The van der Waals surface area contributed by atoms with Crippen molar-refractivity contribution in [1.82, 2.24) is 4.98 Å². The van der Waals surface area contributed by atoms with E-state index in [0.717, 1.165) is 27.5 Å². The predicted molar refractivity (Wildman–Crippen MR) is 61.0 cm³/mol. The first-order chi connectivity index (χ1) is 7.25. The van der Waals surface area contributed by atoms with Gasteiger partial charge in [-0.15, -0.1) is 0 Å². The van der Waals surface area contributed by atoms with Crippen molar-refractivity contribution >= 4 is 21.9 Å². The van der Waals surface area contributed by atoms with Crippen molar-refractivity contribution < 1.29 is 4.42 Å². The molecule has 0 spiro atoms. The Balaban J connectivity index is 2.57. The zero-order chi connectivity index (χ0) is 10.4. The number of pyridine rings is 1. The number of aromatic nitrogens is 1. The molecule has 74 valence electrons. The molecule has 0 N–H and O–H groups in total. The van der Waals surface area contributed by atoms with E-state index in [9.17, 15) is 0 Å². The van der Waals surface area contributed by atoms with Crippen molar-refractivity contribution in [3.05, 3.63) is 41.7 Å². The van der Waals surface area contributed by atoms with E-state index < -0.39 is 0 Å². The van der Waals surface area contributed by atoms with Gasteiger partial charge in [-0.2, -0.15) is 0 Å². The maximum atomic E-state index is 5.82. The molecule has 2 heteroatoms. The molecule has 0 amide bonds. The summed E-state index contributed by atoms with van der Waals surface area (Å²) in [6.45, 7) is 4.09. The zero-order valence-corrected chi connectivity index (χ0v) is 8.74. The molecule has 2 nitrogen and oxygen atoms in total. The van der Waals surface area contributed by atoms with Gasteiger partial charge < -0.3 is 4.42 Å². The molecule has 0 fully saturated rings. The van der Waals surface area contributed by atoms with Crippen LogP contribution in [0.4, 0.5) is 0 Å². The second kappa shape index (κ2) is 2.83. The lowest BCUT2D eigenvalue weighted by Crippen LogP contribution is -1.75. The van der Waals surface area contributed by atoms with E-state index in [-0.39, 0.29) is 0 Å². The van der Waals surface area contributed by atoms with Crippen molar-refractivity contribution in [1.29, 1.82) is 0 Å². The number of furan rings is 1. The highest BCUT2D eigenvalue weighted by Crippen LogP contribution is 2.30. The molecule has 0 radical (unpaired) electrons. The van der Waals surface area contributed by atoms with Crippen LogP contribution in [0.25, 0.3) is 21.9 Å². The van der Waals surface area contributed by atoms with Crippen LogP contribution in [-0.4, -0.2) is 4.98 Å². The molecular weight excluding hydrogens is 186 g/mol. The van der Waals surface area contributed by atoms with Crippen LogP contribution in [0.1, 0.15) is 11.1 Å². The van der Waals surface area contributed by atoms with Crippen LogP contribution in [0.2, 0.25) is 0 Å². The Morgan fingerprint density at radius 1 is 1.07 bits per heavy atom. The molecule has 0 unspecified atom stereocenters. The van der Waals surface area contributed by atoms with Crippen molar-refractivity contribution in [2.45, 2.75) is 13.8 Å². The summed E-state index contributed by atoms with van der Waals surface area (Å²) < 4.78 is 5.82. The van der Waals surface area contributed by atoms with Crippen LogP contribution < -0.4 is 0 Å². The molecule has 0 atom stereocenters. The van der Waals surface area contributed by atoms with Gasteiger partial charge in [-0.3, -0.25) is 4.98 Å². The van der Waals surface area contributed by atoms with E-state index in [1.165, 1.54) is 5.56 Å². The van der Waals surface area contributed by atoms with Crippen molar-refractivity contribution in [3.63, 3.8) is 0 Å². The fourth-order valence-electron chi connectivity index (χ4n) is 1.93. The van der Waals surface area contributed by atoms with Gasteiger partial charge in [-0.25, -0.2) is 0 Å². The normalized spacial score (nSPS) is 11.3. The minimum atomic E-state index is 0.945. The topological polar surface area (TPSA) is 26.0 Å². The van der Waals surface area contributed by atoms with E-state index in [1.807, 2.05) is 19.3 Å². The molecule has 2 aromatic heterocycles. The third-order valence-electron chi connectivity index (χ3n) is 2.71. The average molecular weight is 197 g/mol. The quantitative estimate of drug-likeness (QED) is 0.550. The maximum Gasteiger partial charge on any atom is 0.141 e. The van der Waals surface area contributed by atoms with Crippen molar-refractivity contribution in [3.8, 4) is 0 Å². The minimum absolute atomic E-state index is 0.945.